The van der Waals surface area contributed by atoms with Crippen LogP contribution in [0.15, 0.2) is 10.6 Å². The third kappa shape index (κ3) is 7.71. The molecule has 2 rings (SSSR count). The van der Waals surface area contributed by atoms with Gasteiger partial charge in [-0.15, -0.1) is 24.2 Å². The Labute approximate surface area is 146 Å². The number of piperidine rings is 1. The van der Waals surface area contributed by atoms with Crippen molar-refractivity contribution in [1.82, 2.24) is 15.8 Å². The molecule has 1 fully saturated rings. The summed E-state index contributed by atoms with van der Waals surface area (Å²) < 4.78 is 4.86. The number of aryl methyl sites for hydroxylation is 1. The number of thioether (sulfide) groups is 1. The van der Waals surface area contributed by atoms with E-state index in [1.54, 1.807) is 13.0 Å². The average molecular weight is 363 g/mol. The zero-order chi connectivity index (χ0) is 15.8. The second-order valence-electron chi connectivity index (χ2n) is 5.38. The Bertz CT molecular complexity index is 506. The molecule has 7 nitrogen and oxygen atoms in total. The maximum absolute atomic E-state index is 11.7. The van der Waals surface area contributed by atoms with Crippen molar-refractivity contribution in [2.45, 2.75) is 19.8 Å². The molecule has 23 heavy (non-hydrogen) atoms. The number of carbonyl (C=O) groups excluding carboxylic acids is 2. The van der Waals surface area contributed by atoms with Gasteiger partial charge in [0.2, 0.25) is 11.8 Å². The topological polar surface area (TPSA) is 96.3 Å². The number of aromatic nitrogens is 1. The molecule has 1 atom stereocenters. The average Bonchev–Trinajstić information content (AvgIpc) is 2.91. The predicted octanol–water partition coefficient (Wildman–Crippen LogP) is 1.19. The van der Waals surface area contributed by atoms with Crippen LogP contribution in [0.25, 0.3) is 0 Å². The molecule has 3 N–H and O–H groups in total. The second-order valence-corrected chi connectivity index (χ2v) is 6.37. The van der Waals surface area contributed by atoms with Crippen molar-refractivity contribution in [3.8, 4) is 0 Å². The number of amides is 2. The summed E-state index contributed by atoms with van der Waals surface area (Å²) in [6, 6.07) is 1.65. The summed E-state index contributed by atoms with van der Waals surface area (Å²) in [7, 11) is 0. The molecule has 0 aromatic carbocycles. The molecule has 0 bridgehead atoms. The third-order valence-electron chi connectivity index (χ3n) is 3.35. The van der Waals surface area contributed by atoms with Crippen LogP contribution in [0.2, 0.25) is 0 Å². The lowest BCUT2D eigenvalue weighted by molar-refractivity contribution is -0.118. The predicted molar refractivity (Wildman–Crippen MR) is 93.0 cm³/mol. The second kappa shape index (κ2) is 10.5. The summed E-state index contributed by atoms with van der Waals surface area (Å²) in [5.74, 6) is 1.83. The van der Waals surface area contributed by atoms with Gasteiger partial charge in [-0.1, -0.05) is 5.16 Å². The highest BCUT2D eigenvalue weighted by atomic mass is 35.5. The van der Waals surface area contributed by atoms with Crippen LogP contribution in [0.1, 0.15) is 18.6 Å². The van der Waals surface area contributed by atoms with Gasteiger partial charge in [0.15, 0.2) is 5.82 Å². The number of halogens is 1. The summed E-state index contributed by atoms with van der Waals surface area (Å²) in [5, 5.41) is 12.5. The molecule has 2 amide bonds. The van der Waals surface area contributed by atoms with Gasteiger partial charge in [0.05, 0.1) is 11.5 Å². The Morgan fingerprint density at radius 1 is 1.43 bits per heavy atom. The molecule has 1 saturated heterocycles. The molecular formula is C14H23ClN4O3S. The van der Waals surface area contributed by atoms with Crippen molar-refractivity contribution < 1.29 is 14.1 Å². The van der Waals surface area contributed by atoms with Gasteiger partial charge in [0, 0.05) is 12.6 Å². The summed E-state index contributed by atoms with van der Waals surface area (Å²) in [5.41, 5.74) is 0. The number of carbonyl (C=O) groups is 2. The van der Waals surface area contributed by atoms with Crippen molar-refractivity contribution in [2.24, 2.45) is 5.92 Å². The van der Waals surface area contributed by atoms with Crippen LogP contribution >= 0.6 is 24.2 Å². The molecule has 130 valence electrons. The van der Waals surface area contributed by atoms with Gasteiger partial charge in [0.1, 0.15) is 5.76 Å². The molecule has 1 unspecified atom stereocenters. The van der Waals surface area contributed by atoms with E-state index in [4.69, 9.17) is 4.52 Å². The first kappa shape index (κ1) is 19.8. The number of nitrogens with one attached hydrogen (secondary N) is 3. The number of nitrogens with zero attached hydrogens (tertiary/aromatic N) is 1. The molecule has 1 aromatic rings. The summed E-state index contributed by atoms with van der Waals surface area (Å²) in [6.07, 6.45) is 2.32. The fraction of sp³-hybridized carbons (Fsp3) is 0.643. The van der Waals surface area contributed by atoms with E-state index < -0.39 is 0 Å². The Kier molecular flexibility index (Phi) is 9.05. The van der Waals surface area contributed by atoms with Crippen molar-refractivity contribution in [2.75, 3.05) is 36.5 Å². The van der Waals surface area contributed by atoms with Crippen molar-refractivity contribution in [3.05, 3.63) is 11.8 Å². The van der Waals surface area contributed by atoms with E-state index in [0.29, 0.717) is 24.0 Å². The van der Waals surface area contributed by atoms with Gasteiger partial charge >= 0.3 is 0 Å². The quantitative estimate of drug-likeness (QED) is 0.674. The first-order chi connectivity index (χ1) is 10.6. The lowest BCUT2D eigenvalue weighted by Crippen LogP contribution is -2.38. The Morgan fingerprint density at radius 2 is 2.22 bits per heavy atom. The summed E-state index contributed by atoms with van der Waals surface area (Å²) in [4.78, 5) is 23.4. The highest BCUT2D eigenvalue weighted by Crippen LogP contribution is 2.09. The zero-order valence-electron chi connectivity index (χ0n) is 13.1. The smallest absolute Gasteiger partial charge is 0.235 e. The number of hydrogen-bond acceptors (Lipinski definition) is 6. The van der Waals surface area contributed by atoms with Gasteiger partial charge in [-0.25, -0.2) is 0 Å². The minimum absolute atomic E-state index is 0. The van der Waals surface area contributed by atoms with Crippen molar-refractivity contribution in [3.63, 3.8) is 0 Å². The van der Waals surface area contributed by atoms with Crippen LogP contribution in [-0.2, 0) is 9.59 Å². The van der Waals surface area contributed by atoms with Crippen molar-refractivity contribution >= 4 is 41.8 Å². The SMILES string of the molecule is Cc1cc(NC(=O)CSCC(=O)NCC2CCCNC2)no1.Cl. The van der Waals surface area contributed by atoms with E-state index in [0.717, 1.165) is 25.9 Å². The minimum atomic E-state index is -0.192. The fourth-order valence-corrected chi connectivity index (χ4v) is 2.90. The summed E-state index contributed by atoms with van der Waals surface area (Å²) in [6.45, 7) is 4.49. The van der Waals surface area contributed by atoms with Crippen LogP contribution in [0.3, 0.4) is 0 Å². The molecule has 1 aliphatic heterocycles. The monoisotopic (exact) mass is 362 g/mol. The largest absolute Gasteiger partial charge is 0.360 e. The Balaban J connectivity index is 0.00000264. The molecule has 0 spiro atoms. The molecule has 1 aliphatic rings. The number of rotatable bonds is 7. The molecule has 0 aliphatic carbocycles. The molecule has 0 saturated carbocycles. The van der Waals surface area contributed by atoms with Crippen LogP contribution < -0.4 is 16.0 Å². The van der Waals surface area contributed by atoms with Crippen LogP contribution in [0, 0.1) is 12.8 Å². The van der Waals surface area contributed by atoms with E-state index in [1.165, 1.54) is 11.8 Å². The van der Waals surface area contributed by atoms with E-state index in [9.17, 15) is 9.59 Å². The lowest BCUT2D eigenvalue weighted by Gasteiger charge is -2.22. The Hall–Kier alpha value is -1.25. The van der Waals surface area contributed by atoms with E-state index in [-0.39, 0.29) is 35.7 Å². The summed E-state index contributed by atoms with van der Waals surface area (Å²) >= 11 is 1.28. The number of anilines is 1. The molecular weight excluding hydrogens is 340 g/mol. The van der Waals surface area contributed by atoms with Crippen LogP contribution in [0.4, 0.5) is 5.82 Å². The van der Waals surface area contributed by atoms with Gasteiger partial charge in [0.25, 0.3) is 0 Å². The van der Waals surface area contributed by atoms with E-state index in [1.807, 2.05) is 0 Å². The molecule has 0 radical (unpaired) electrons. The lowest BCUT2D eigenvalue weighted by atomic mass is 10.00. The van der Waals surface area contributed by atoms with Crippen LogP contribution in [-0.4, -0.2) is 48.1 Å². The number of hydrogen-bond donors (Lipinski definition) is 3. The highest BCUT2D eigenvalue weighted by Gasteiger charge is 2.14. The molecule has 1 aromatic heterocycles. The van der Waals surface area contributed by atoms with E-state index in [2.05, 4.69) is 21.1 Å². The van der Waals surface area contributed by atoms with Gasteiger partial charge < -0.3 is 20.5 Å². The Morgan fingerprint density at radius 3 is 2.87 bits per heavy atom. The minimum Gasteiger partial charge on any atom is -0.360 e. The maximum atomic E-state index is 11.7. The van der Waals surface area contributed by atoms with Crippen molar-refractivity contribution in [1.29, 1.82) is 0 Å². The highest BCUT2D eigenvalue weighted by molar-refractivity contribution is 8.00. The maximum Gasteiger partial charge on any atom is 0.235 e. The molecule has 9 heteroatoms. The fourth-order valence-electron chi connectivity index (χ4n) is 2.25. The standard InChI is InChI=1S/C14H22N4O3S.ClH/c1-10-5-12(18-21-10)17-14(20)9-22-8-13(19)16-7-11-3-2-4-15-6-11;/h5,11,15H,2-4,6-9H2,1H3,(H,16,19)(H,17,18,20);1H. The first-order valence-corrected chi connectivity index (χ1v) is 8.57. The molecule has 2 heterocycles. The van der Waals surface area contributed by atoms with Gasteiger partial charge in [-0.2, -0.15) is 0 Å². The van der Waals surface area contributed by atoms with Gasteiger partial charge in [-0.05, 0) is 38.8 Å². The first-order valence-electron chi connectivity index (χ1n) is 7.42. The van der Waals surface area contributed by atoms with E-state index >= 15 is 0 Å². The third-order valence-corrected chi connectivity index (χ3v) is 4.28. The zero-order valence-corrected chi connectivity index (χ0v) is 14.7. The van der Waals surface area contributed by atoms with Crippen LogP contribution in [0.5, 0.6) is 0 Å². The van der Waals surface area contributed by atoms with Gasteiger partial charge in [-0.3, -0.25) is 9.59 Å². The normalized spacial score (nSPS) is 17.2.